The molecule has 0 amide bonds. The van der Waals surface area contributed by atoms with Gasteiger partial charge in [0.1, 0.15) is 0 Å². The molecule has 1 saturated heterocycles. The maximum atomic E-state index is 12.4. The molecule has 1 aliphatic heterocycles. The van der Waals surface area contributed by atoms with Gasteiger partial charge in [-0.1, -0.05) is 0 Å². The number of nitrogens with one attached hydrogen (secondary N) is 1. The lowest BCUT2D eigenvalue weighted by Gasteiger charge is -2.30. The molecule has 0 saturated carbocycles. The summed E-state index contributed by atoms with van der Waals surface area (Å²) < 4.78 is 32.2. The molecule has 134 valence electrons. The standard InChI is InChI=1S/C16H24N2O5S/c1-12(11-23-2)17-24(21,22)13-6-7-15(14(10-13)16(19)20)18-8-4-3-5-9-18/h6-7,10,12,17H,3-5,8-9,11H2,1-2H3,(H,19,20)/t12-/m0/s1. The van der Waals surface area contributed by atoms with Crippen molar-refractivity contribution in [1.29, 1.82) is 0 Å². The van der Waals surface area contributed by atoms with Gasteiger partial charge in [-0.3, -0.25) is 0 Å². The zero-order valence-corrected chi connectivity index (χ0v) is 14.8. The molecule has 0 spiro atoms. The Bertz CT molecular complexity index is 684. The Labute approximate surface area is 142 Å². The number of aromatic carboxylic acids is 1. The quantitative estimate of drug-likeness (QED) is 0.772. The Balaban J connectivity index is 2.32. The van der Waals surface area contributed by atoms with E-state index in [9.17, 15) is 18.3 Å². The van der Waals surface area contributed by atoms with E-state index in [-0.39, 0.29) is 17.1 Å². The fraction of sp³-hybridized carbons (Fsp3) is 0.562. The highest BCUT2D eigenvalue weighted by Crippen LogP contribution is 2.27. The van der Waals surface area contributed by atoms with Crippen LogP contribution >= 0.6 is 0 Å². The van der Waals surface area contributed by atoms with E-state index in [1.165, 1.54) is 19.2 Å². The highest BCUT2D eigenvalue weighted by atomic mass is 32.2. The number of nitrogens with zero attached hydrogens (tertiary/aromatic N) is 1. The molecule has 24 heavy (non-hydrogen) atoms. The fourth-order valence-corrected chi connectivity index (χ4v) is 4.14. The number of carboxylic acid groups (broad SMARTS) is 1. The third-order valence-corrected chi connectivity index (χ3v) is 5.57. The van der Waals surface area contributed by atoms with Gasteiger partial charge >= 0.3 is 5.97 Å². The van der Waals surface area contributed by atoms with Crippen LogP contribution in [0.25, 0.3) is 0 Å². The maximum absolute atomic E-state index is 12.4. The Kier molecular flexibility index (Phi) is 6.20. The second-order valence-electron chi connectivity index (χ2n) is 6.01. The summed E-state index contributed by atoms with van der Waals surface area (Å²) >= 11 is 0. The van der Waals surface area contributed by atoms with E-state index in [0.717, 1.165) is 32.4 Å². The first-order valence-electron chi connectivity index (χ1n) is 7.98. The number of piperidine rings is 1. The zero-order chi connectivity index (χ0) is 17.7. The summed E-state index contributed by atoms with van der Waals surface area (Å²) in [6, 6.07) is 3.87. The first-order chi connectivity index (χ1) is 11.3. The van der Waals surface area contributed by atoms with Crippen LogP contribution in [0.5, 0.6) is 0 Å². The molecule has 7 nitrogen and oxygen atoms in total. The maximum Gasteiger partial charge on any atom is 0.337 e. The van der Waals surface area contributed by atoms with Crippen molar-refractivity contribution >= 4 is 21.7 Å². The lowest BCUT2D eigenvalue weighted by molar-refractivity contribution is 0.0697. The summed E-state index contributed by atoms with van der Waals surface area (Å²) in [5.74, 6) is -1.13. The summed E-state index contributed by atoms with van der Waals surface area (Å²) in [5.41, 5.74) is 0.588. The molecule has 1 aromatic carbocycles. The van der Waals surface area contributed by atoms with Gasteiger partial charge in [0.05, 0.1) is 22.8 Å². The van der Waals surface area contributed by atoms with Crippen molar-refractivity contribution in [3.63, 3.8) is 0 Å². The van der Waals surface area contributed by atoms with Crippen molar-refractivity contribution in [3.8, 4) is 0 Å². The lowest BCUT2D eigenvalue weighted by atomic mass is 10.1. The van der Waals surface area contributed by atoms with E-state index < -0.39 is 22.0 Å². The van der Waals surface area contributed by atoms with Crippen LogP contribution in [0.3, 0.4) is 0 Å². The van der Waals surface area contributed by atoms with Crippen molar-refractivity contribution in [2.75, 3.05) is 31.7 Å². The largest absolute Gasteiger partial charge is 0.478 e. The molecule has 0 aromatic heterocycles. The number of benzene rings is 1. The highest BCUT2D eigenvalue weighted by Gasteiger charge is 2.23. The molecule has 0 aliphatic carbocycles. The first kappa shape index (κ1) is 18.7. The topological polar surface area (TPSA) is 95.9 Å². The van der Waals surface area contributed by atoms with E-state index in [0.29, 0.717) is 5.69 Å². The average molecular weight is 356 g/mol. The number of carbonyl (C=O) groups is 1. The van der Waals surface area contributed by atoms with Gasteiger partial charge in [-0.15, -0.1) is 0 Å². The van der Waals surface area contributed by atoms with Gasteiger partial charge in [-0.25, -0.2) is 17.9 Å². The van der Waals surface area contributed by atoms with Crippen molar-refractivity contribution < 1.29 is 23.1 Å². The molecule has 1 aliphatic rings. The van der Waals surface area contributed by atoms with Crippen LogP contribution < -0.4 is 9.62 Å². The lowest BCUT2D eigenvalue weighted by Crippen LogP contribution is -2.36. The van der Waals surface area contributed by atoms with Crippen molar-refractivity contribution in [1.82, 2.24) is 4.72 Å². The van der Waals surface area contributed by atoms with Gasteiger partial charge in [0.15, 0.2) is 0 Å². The molecule has 1 fully saturated rings. The number of methoxy groups -OCH3 is 1. The third-order valence-electron chi connectivity index (χ3n) is 3.98. The number of rotatable bonds is 7. The van der Waals surface area contributed by atoms with E-state index in [2.05, 4.69) is 4.72 Å². The molecule has 0 unspecified atom stereocenters. The van der Waals surface area contributed by atoms with Crippen LogP contribution in [0.1, 0.15) is 36.5 Å². The Morgan fingerprint density at radius 1 is 1.33 bits per heavy atom. The Hall–Kier alpha value is -1.64. The van der Waals surface area contributed by atoms with Crippen LogP contribution in [0.2, 0.25) is 0 Å². The number of carboxylic acids is 1. The molecule has 1 heterocycles. The van der Waals surface area contributed by atoms with Gasteiger partial charge in [0.2, 0.25) is 10.0 Å². The monoisotopic (exact) mass is 356 g/mol. The molecule has 8 heteroatoms. The number of anilines is 1. The second-order valence-corrected chi connectivity index (χ2v) is 7.72. The third kappa shape index (κ3) is 4.46. The Morgan fingerprint density at radius 3 is 2.58 bits per heavy atom. The molecular formula is C16H24N2O5S. The molecular weight excluding hydrogens is 332 g/mol. The smallest absolute Gasteiger partial charge is 0.337 e. The van der Waals surface area contributed by atoms with Gasteiger partial charge in [-0.05, 0) is 44.4 Å². The van der Waals surface area contributed by atoms with Gasteiger partial charge in [0, 0.05) is 26.2 Å². The van der Waals surface area contributed by atoms with Crippen LogP contribution in [-0.4, -0.2) is 52.3 Å². The number of sulfonamides is 1. The van der Waals surface area contributed by atoms with Gasteiger partial charge < -0.3 is 14.7 Å². The summed E-state index contributed by atoms with van der Waals surface area (Å²) in [5, 5.41) is 9.49. The average Bonchev–Trinajstić information content (AvgIpc) is 2.54. The van der Waals surface area contributed by atoms with Crippen LogP contribution in [-0.2, 0) is 14.8 Å². The van der Waals surface area contributed by atoms with E-state index in [1.54, 1.807) is 13.0 Å². The van der Waals surface area contributed by atoms with Crippen molar-refractivity contribution in [2.45, 2.75) is 37.1 Å². The fourth-order valence-electron chi connectivity index (χ4n) is 2.88. The minimum Gasteiger partial charge on any atom is -0.478 e. The van der Waals surface area contributed by atoms with Crippen molar-refractivity contribution in [2.24, 2.45) is 0 Å². The minimum absolute atomic E-state index is 0.0131. The minimum atomic E-state index is -3.80. The second kappa shape index (κ2) is 7.96. The molecule has 0 bridgehead atoms. The molecule has 2 rings (SSSR count). The SMILES string of the molecule is COC[C@H](C)NS(=O)(=O)c1ccc(N2CCCCC2)c(C(=O)O)c1. The molecule has 1 atom stereocenters. The van der Waals surface area contributed by atoms with Crippen LogP contribution in [0, 0.1) is 0 Å². The predicted molar refractivity (Wildman–Crippen MR) is 91.1 cm³/mol. The van der Waals surface area contributed by atoms with Crippen LogP contribution in [0.15, 0.2) is 23.1 Å². The summed E-state index contributed by atoms with van der Waals surface area (Å²) in [6.07, 6.45) is 3.15. The summed E-state index contributed by atoms with van der Waals surface area (Å²) in [7, 11) is -2.31. The van der Waals surface area contributed by atoms with E-state index in [4.69, 9.17) is 4.74 Å². The number of hydrogen-bond acceptors (Lipinski definition) is 5. The summed E-state index contributed by atoms with van der Waals surface area (Å²) in [6.45, 7) is 3.49. The first-order valence-corrected chi connectivity index (χ1v) is 9.47. The summed E-state index contributed by atoms with van der Waals surface area (Å²) in [4.78, 5) is 13.6. The van der Waals surface area contributed by atoms with E-state index >= 15 is 0 Å². The number of hydrogen-bond donors (Lipinski definition) is 2. The zero-order valence-electron chi connectivity index (χ0n) is 14.0. The Morgan fingerprint density at radius 2 is 2.00 bits per heavy atom. The molecule has 2 N–H and O–H groups in total. The molecule has 1 aromatic rings. The normalized spacial score (nSPS) is 16.8. The van der Waals surface area contributed by atoms with E-state index in [1.807, 2.05) is 4.90 Å². The predicted octanol–water partition coefficient (Wildman–Crippen LogP) is 1.69. The van der Waals surface area contributed by atoms with Gasteiger partial charge in [-0.2, -0.15) is 0 Å². The highest BCUT2D eigenvalue weighted by molar-refractivity contribution is 7.89. The molecule has 0 radical (unpaired) electrons. The number of ether oxygens (including phenoxy) is 1. The van der Waals surface area contributed by atoms with Crippen LogP contribution in [0.4, 0.5) is 5.69 Å². The van der Waals surface area contributed by atoms with Crippen molar-refractivity contribution in [3.05, 3.63) is 23.8 Å². The van der Waals surface area contributed by atoms with Gasteiger partial charge in [0.25, 0.3) is 0 Å².